The van der Waals surface area contributed by atoms with E-state index in [4.69, 9.17) is 0 Å². The van der Waals surface area contributed by atoms with Crippen LogP contribution >= 0.6 is 0 Å². The normalized spacial score (nSPS) is 28.2. The molecule has 3 N–H and O–H groups in total. The van der Waals surface area contributed by atoms with Crippen molar-refractivity contribution in [1.29, 1.82) is 0 Å². The molecular weight excluding hydrogens is 218 g/mol. The van der Waals surface area contributed by atoms with E-state index in [1.807, 2.05) is 11.9 Å². The maximum Gasteiger partial charge on any atom is 0.243 e. The zero-order valence-electron chi connectivity index (χ0n) is 10.3. The number of amides is 1. The zero-order valence-corrected chi connectivity index (χ0v) is 10.3. The summed E-state index contributed by atoms with van der Waals surface area (Å²) in [7, 11) is 1.84. The molecule has 0 radical (unpaired) electrons. The number of likely N-dealkylation sites (tertiary alicyclic amines) is 1. The predicted octanol–water partition coefficient (Wildman–Crippen LogP) is -0.567. The van der Waals surface area contributed by atoms with Crippen LogP contribution in [0.5, 0.6) is 0 Å². The van der Waals surface area contributed by atoms with Crippen LogP contribution in [-0.4, -0.2) is 54.2 Å². The number of β-amino-alcohol motifs (C(OH)–C–C–N with tert-alkyl or cyclic N) is 1. The third-order valence-corrected chi connectivity index (χ3v) is 3.29. The van der Waals surface area contributed by atoms with Gasteiger partial charge in [-0.05, 0) is 19.9 Å². The lowest BCUT2D eigenvalue weighted by Gasteiger charge is -2.27. The average molecular weight is 239 g/mol. The maximum atomic E-state index is 12.0. The van der Waals surface area contributed by atoms with E-state index < -0.39 is 6.10 Å². The van der Waals surface area contributed by atoms with Crippen LogP contribution in [-0.2, 0) is 4.79 Å². The van der Waals surface area contributed by atoms with E-state index in [2.05, 4.69) is 17.2 Å². The van der Waals surface area contributed by atoms with E-state index in [9.17, 15) is 9.90 Å². The summed E-state index contributed by atoms with van der Waals surface area (Å²) in [5, 5.41) is 15.7. The van der Waals surface area contributed by atoms with Crippen molar-refractivity contribution in [3.8, 4) is 0 Å². The van der Waals surface area contributed by atoms with Gasteiger partial charge in [-0.25, -0.2) is 0 Å². The van der Waals surface area contributed by atoms with Gasteiger partial charge in [-0.15, -0.1) is 0 Å². The summed E-state index contributed by atoms with van der Waals surface area (Å²) in [5.41, 5.74) is 0.861. The molecule has 0 spiro atoms. The lowest BCUT2D eigenvalue weighted by Crippen LogP contribution is -2.44. The number of hydrogen-bond donors (Lipinski definition) is 3. The fourth-order valence-corrected chi connectivity index (χ4v) is 2.24. The van der Waals surface area contributed by atoms with Gasteiger partial charge in [0.1, 0.15) is 6.04 Å². The first-order valence-corrected chi connectivity index (χ1v) is 6.19. The molecule has 1 aliphatic carbocycles. The number of hydrogen-bond acceptors (Lipinski definition) is 4. The Morgan fingerprint density at radius 3 is 2.82 bits per heavy atom. The number of nitrogens with one attached hydrogen (secondary N) is 2. The summed E-state index contributed by atoms with van der Waals surface area (Å²) < 4.78 is 0. The Kier molecular flexibility index (Phi) is 3.69. The lowest BCUT2D eigenvalue weighted by molar-refractivity contribution is -0.125. The van der Waals surface area contributed by atoms with Gasteiger partial charge in [-0.3, -0.25) is 4.79 Å². The fraction of sp³-hybridized carbons (Fsp3) is 0.750. The molecule has 0 unspecified atom stereocenters. The summed E-state index contributed by atoms with van der Waals surface area (Å²) in [4.78, 5) is 14.0. The Morgan fingerprint density at radius 2 is 2.24 bits per heavy atom. The summed E-state index contributed by atoms with van der Waals surface area (Å²) in [6, 6.07) is 0.103. The average Bonchev–Trinajstić information content (AvgIpc) is 2.99. The highest BCUT2D eigenvalue weighted by Gasteiger charge is 2.38. The Labute approximate surface area is 102 Å². The van der Waals surface area contributed by atoms with Gasteiger partial charge in [0.2, 0.25) is 5.91 Å². The summed E-state index contributed by atoms with van der Waals surface area (Å²) in [6.45, 7) is 5.10. The molecule has 1 aliphatic heterocycles. The van der Waals surface area contributed by atoms with Gasteiger partial charge in [0.05, 0.1) is 6.10 Å². The van der Waals surface area contributed by atoms with Gasteiger partial charge in [-0.2, -0.15) is 0 Å². The van der Waals surface area contributed by atoms with Gasteiger partial charge >= 0.3 is 0 Å². The molecule has 1 saturated carbocycles. The number of aliphatic hydroxyl groups is 1. The van der Waals surface area contributed by atoms with Crippen molar-refractivity contribution in [2.24, 2.45) is 0 Å². The number of nitrogens with zero attached hydrogens (tertiary/aromatic N) is 1. The van der Waals surface area contributed by atoms with Crippen molar-refractivity contribution >= 4 is 5.91 Å². The van der Waals surface area contributed by atoms with E-state index in [0.29, 0.717) is 25.6 Å². The van der Waals surface area contributed by atoms with Gasteiger partial charge in [0.25, 0.3) is 0 Å². The molecule has 17 heavy (non-hydrogen) atoms. The first kappa shape index (κ1) is 12.4. The Hall–Kier alpha value is -1.07. The highest BCUT2D eigenvalue weighted by molar-refractivity contribution is 5.83. The second-order valence-corrected chi connectivity index (χ2v) is 4.94. The molecule has 1 amide bonds. The van der Waals surface area contributed by atoms with Crippen molar-refractivity contribution in [3.05, 3.63) is 12.3 Å². The Balaban J connectivity index is 1.96. The molecule has 5 nitrogen and oxygen atoms in total. The van der Waals surface area contributed by atoms with Crippen LogP contribution in [0.2, 0.25) is 0 Å². The van der Waals surface area contributed by atoms with Crippen LogP contribution in [0, 0.1) is 0 Å². The largest absolute Gasteiger partial charge is 0.391 e. The molecular formula is C12H21N3O2. The molecule has 96 valence electrons. The quantitative estimate of drug-likeness (QED) is 0.601. The minimum absolute atomic E-state index is 0.0290. The third-order valence-electron chi connectivity index (χ3n) is 3.29. The van der Waals surface area contributed by atoms with Crippen molar-refractivity contribution in [1.82, 2.24) is 15.5 Å². The van der Waals surface area contributed by atoms with Crippen LogP contribution in [0.25, 0.3) is 0 Å². The van der Waals surface area contributed by atoms with Crippen LogP contribution in [0.3, 0.4) is 0 Å². The molecule has 2 fully saturated rings. The number of carbonyl (C=O) groups is 1. The summed E-state index contributed by atoms with van der Waals surface area (Å²) in [5.74, 6) is 0.0290. The molecule has 5 heteroatoms. The predicted molar refractivity (Wildman–Crippen MR) is 65.3 cm³/mol. The van der Waals surface area contributed by atoms with Gasteiger partial charge in [-0.1, -0.05) is 6.58 Å². The van der Waals surface area contributed by atoms with E-state index in [1.54, 1.807) is 0 Å². The highest BCUT2D eigenvalue weighted by Crippen LogP contribution is 2.24. The zero-order chi connectivity index (χ0) is 12.4. The highest BCUT2D eigenvalue weighted by atomic mass is 16.3. The molecule has 0 aromatic heterocycles. The molecule has 0 aromatic carbocycles. The number of carbonyl (C=O) groups excluding carboxylic acids is 1. The number of likely N-dealkylation sites (N-methyl/N-ethyl adjacent to an activating group) is 1. The first-order chi connectivity index (χ1) is 8.11. The minimum Gasteiger partial charge on any atom is -0.391 e. The molecule has 1 saturated heterocycles. The molecule has 2 rings (SSSR count). The Morgan fingerprint density at radius 1 is 1.53 bits per heavy atom. The van der Waals surface area contributed by atoms with Gasteiger partial charge in [0, 0.05) is 31.2 Å². The van der Waals surface area contributed by atoms with E-state index in [-0.39, 0.29) is 11.9 Å². The van der Waals surface area contributed by atoms with E-state index >= 15 is 0 Å². The number of aliphatic hydroxyl groups excluding tert-OH is 1. The summed E-state index contributed by atoms with van der Waals surface area (Å²) >= 11 is 0. The van der Waals surface area contributed by atoms with Crippen LogP contribution < -0.4 is 10.6 Å². The SMILES string of the molecule is C=C(CNC)N1C[C@@H](O)C[C@H]1C(=O)NC1CC1. The summed E-state index contributed by atoms with van der Waals surface area (Å²) in [6.07, 6.45) is 2.23. The van der Waals surface area contributed by atoms with Crippen LogP contribution in [0.1, 0.15) is 19.3 Å². The van der Waals surface area contributed by atoms with Crippen LogP contribution in [0.15, 0.2) is 12.3 Å². The van der Waals surface area contributed by atoms with Crippen LogP contribution in [0.4, 0.5) is 0 Å². The second kappa shape index (κ2) is 5.06. The molecule has 1 heterocycles. The van der Waals surface area contributed by atoms with Gasteiger partial charge in [0.15, 0.2) is 0 Å². The maximum absolute atomic E-state index is 12.0. The fourth-order valence-electron chi connectivity index (χ4n) is 2.24. The molecule has 2 aliphatic rings. The van der Waals surface area contributed by atoms with Crippen molar-refractivity contribution in [2.45, 2.75) is 37.5 Å². The first-order valence-electron chi connectivity index (χ1n) is 6.19. The smallest absolute Gasteiger partial charge is 0.243 e. The second-order valence-electron chi connectivity index (χ2n) is 4.94. The van der Waals surface area contributed by atoms with Crippen molar-refractivity contribution in [2.75, 3.05) is 20.1 Å². The lowest BCUT2D eigenvalue weighted by atomic mass is 10.2. The molecule has 2 atom stereocenters. The van der Waals surface area contributed by atoms with Gasteiger partial charge < -0.3 is 20.6 Å². The topological polar surface area (TPSA) is 64.6 Å². The third kappa shape index (κ3) is 2.98. The monoisotopic (exact) mass is 239 g/mol. The van der Waals surface area contributed by atoms with E-state index in [0.717, 1.165) is 18.5 Å². The number of rotatable bonds is 5. The molecule has 0 aromatic rings. The van der Waals surface area contributed by atoms with Crippen molar-refractivity contribution in [3.63, 3.8) is 0 Å². The Bertz CT molecular complexity index is 315. The van der Waals surface area contributed by atoms with Crippen molar-refractivity contribution < 1.29 is 9.90 Å². The minimum atomic E-state index is -0.432. The van der Waals surface area contributed by atoms with E-state index in [1.165, 1.54) is 0 Å². The molecule has 0 bridgehead atoms. The standard InChI is InChI=1S/C12H21N3O2/c1-8(6-13-2)15-7-10(16)5-11(15)12(17)14-9-3-4-9/h9-11,13,16H,1,3-7H2,2H3,(H,14,17)/t10-,11-/m0/s1.